The van der Waals surface area contributed by atoms with Crippen molar-refractivity contribution >= 4 is 11.9 Å². The summed E-state index contributed by atoms with van der Waals surface area (Å²) in [5.41, 5.74) is -0.598. The van der Waals surface area contributed by atoms with Crippen molar-refractivity contribution in [1.82, 2.24) is 4.90 Å². The van der Waals surface area contributed by atoms with Crippen molar-refractivity contribution in [3.8, 4) is 0 Å². The summed E-state index contributed by atoms with van der Waals surface area (Å²) < 4.78 is 11.0. The zero-order chi connectivity index (χ0) is 44.6. The van der Waals surface area contributed by atoms with Crippen LogP contribution in [0.25, 0.3) is 0 Å². The van der Waals surface area contributed by atoms with Crippen molar-refractivity contribution in [3.05, 3.63) is 24.3 Å². The number of nitrogens with zero attached hydrogens (tertiary/aromatic N) is 1. The van der Waals surface area contributed by atoms with Gasteiger partial charge in [0.2, 0.25) is 0 Å². The summed E-state index contributed by atoms with van der Waals surface area (Å²) in [4.78, 5) is 26.6. The summed E-state index contributed by atoms with van der Waals surface area (Å²) in [5.74, 6) is -0.0896. The van der Waals surface area contributed by atoms with Gasteiger partial charge in [0.05, 0.1) is 18.8 Å². The summed E-state index contributed by atoms with van der Waals surface area (Å²) in [7, 11) is 4.22. The maximum Gasteiger partial charge on any atom is 0.305 e. The molecule has 0 amide bonds. The lowest BCUT2D eigenvalue weighted by Gasteiger charge is -2.29. The Morgan fingerprint density at radius 2 is 0.705 bits per heavy atom. The predicted molar refractivity (Wildman–Crippen MR) is 264 cm³/mol. The molecule has 1 N–H and O–H groups in total. The quantitative estimate of drug-likeness (QED) is 0.0373. The molecule has 0 aromatic carbocycles. The third-order valence-electron chi connectivity index (χ3n) is 12.4. The van der Waals surface area contributed by atoms with Gasteiger partial charge in [-0.15, -0.1) is 0 Å². The fourth-order valence-electron chi connectivity index (χ4n) is 8.27. The van der Waals surface area contributed by atoms with E-state index in [9.17, 15) is 14.7 Å². The Balaban J connectivity index is 3.91. The molecule has 0 heterocycles. The Kier molecular flexibility index (Phi) is 46.5. The zero-order valence-electron chi connectivity index (χ0n) is 41.4. The SMILES string of the molecule is CCCCCCCC/C=C\CCCCCCCC(=O)OCCCCCCC(O)(CCCCCCOC(=O)CCCCCCC/C=C\CCCCCCCC)CCCCN(C)C. The van der Waals surface area contributed by atoms with Gasteiger partial charge in [0, 0.05) is 12.8 Å². The molecule has 0 bridgehead atoms. The fourth-order valence-corrected chi connectivity index (χ4v) is 8.27. The number of hydrogen-bond donors (Lipinski definition) is 1. The number of hydrogen-bond acceptors (Lipinski definition) is 6. The van der Waals surface area contributed by atoms with E-state index in [2.05, 4.69) is 57.1 Å². The Morgan fingerprint density at radius 1 is 0.410 bits per heavy atom. The number of ether oxygens (including phenoxy) is 2. The van der Waals surface area contributed by atoms with Gasteiger partial charge in [0.15, 0.2) is 0 Å². The van der Waals surface area contributed by atoms with E-state index >= 15 is 0 Å². The molecule has 0 unspecified atom stereocenters. The van der Waals surface area contributed by atoms with Crippen LogP contribution in [-0.2, 0) is 19.1 Å². The molecule has 0 saturated carbocycles. The fraction of sp³-hybridized carbons (Fsp3) is 0.891. The molecule has 0 aliphatic heterocycles. The normalized spacial score (nSPS) is 12.1. The lowest BCUT2D eigenvalue weighted by molar-refractivity contribution is -0.144. The highest BCUT2D eigenvalue weighted by atomic mass is 16.5. The summed E-state index contributed by atoms with van der Waals surface area (Å²) in [6.45, 7) is 6.64. The van der Waals surface area contributed by atoms with E-state index in [1.165, 1.54) is 141 Å². The van der Waals surface area contributed by atoms with Gasteiger partial charge >= 0.3 is 11.9 Å². The Bertz CT molecular complexity index is 911. The number of carbonyl (C=O) groups is 2. The largest absolute Gasteiger partial charge is 0.466 e. The average molecular weight is 860 g/mol. The first-order valence-electron chi connectivity index (χ1n) is 26.8. The summed E-state index contributed by atoms with van der Waals surface area (Å²) in [5, 5.41) is 11.6. The van der Waals surface area contributed by atoms with E-state index in [0.29, 0.717) is 26.1 Å². The van der Waals surface area contributed by atoms with Gasteiger partial charge in [0.25, 0.3) is 0 Å². The molecule has 0 rings (SSSR count). The Hall–Kier alpha value is -1.66. The van der Waals surface area contributed by atoms with E-state index < -0.39 is 5.60 Å². The van der Waals surface area contributed by atoms with Gasteiger partial charge in [0.1, 0.15) is 0 Å². The predicted octanol–water partition coefficient (Wildman–Crippen LogP) is 16.5. The van der Waals surface area contributed by atoms with E-state index in [-0.39, 0.29) is 11.9 Å². The van der Waals surface area contributed by atoms with Crippen molar-refractivity contribution in [2.24, 2.45) is 0 Å². The van der Waals surface area contributed by atoms with Crippen LogP contribution in [0.2, 0.25) is 0 Å². The van der Waals surface area contributed by atoms with Crippen LogP contribution in [0.4, 0.5) is 0 Å². The van der Waals surface area contributed by atoms with Gasteiger partial charge in [-0.25, -0.2) is 0 Å². The minimum Gasteiger partial charge on any atom is -0.466 e. The molecule has 0 fully saturated rings. The first-order valence-corrected chi connectivity index (χ1v) is 26.8. The van der Waals surface area contributed by atoms with Gasteiger partial charge in [-0.05, 0) is 130 Å². The average Bonchev–Trinajstić information content (AvgIpc) is 3.24. The number of rotatable bonds is 49. The highest BCUT2D eigenvalue weighted by Crippen LogP contribution is 2.28. The van der Waals surface area contributed by atoms with Crippen LogP contribution >= 0.6 is 0 Å². The molecule has 6 heteroatoms. The van der Waals surface area contributed by atoms with E-state index in [1.807, 2.05) is 0 Å². The third kappa shape index (κ3) is 47.7. The highest BCUT2D eigenvalue weighted by molar-refractivity contribution is 5.69. The third-order valence-corrected chi connectivity index (χ3v) is 12.4. The summed E-state index contributed by atoms with van der Waals surface area (Å²) in [6.07, 6.45) is 56.1. The lowest BCUT2D eigenvalue weighted by atomic mass is 9.85. The number of carbonyl (C=O) groups excluding carboxylic acids is 2. The van der Waals surface area contributed by atoms with Crippen molar-refractivity contribution in [1.29, 1.82) is 0 Å². The molecule has 0 aliphatic carbocycles. The van der Waals surface area contributed by atoms with Gasteiger partial charge in [-0.2, -0.15) is 0 Å². The van der Waals surface area contributed by atoms with Gasteiger partial charge in [-0.3, -0.25) is 9.59 Å². The topological polar surface area (TPSA) is 76.1 Å². The van der Waals surface area contributed by atoms with E-state index in [1.54, 1.807) is 0 Å². The summed E-state index contributed by atoms with van der Waals surface area (Å²) in [6, 6.07) is 0. The van der Waals surface area contributed by atoms with Gasteiger partial charge < -0.3 is 19.5 Å². The molecule has 0 aromatic heterocycles. The number of allylic oxidation sites excluding steroid dienone is 4. The number of esters is 2. The molecule has 61 heavy (non-hydrogen) atoms. The molecule has 0 atom stereocenters. The van der Waals surface area contributed by atoms with Crippen LogP contribution in [0.1, 0.15) is 277 Å². The van der Waals surface area contributed by atoms with Crippen LogP contribution in [0, 0.1) is 0 Å². The van der Waals surface area contributed by atoms with Crippen molar-refractivity contribution < 1.29 is 24.2 Å². The Labute approximate surface area is 380 Å². The maximum absolute atomic E-state index is 12.2. The van der Waals surface area contributed by atoms with Crippen LogP contribution in [0.3, 0.4) is 0 Å². The second kappa shape index (κ2) is 47.8. The lowest BCUT2D eigenvalue weighted by Crippen LogP contribution is -2.29. The van der Waals surface area contributed by atoms with Crippen LogP contribution in [0.5, 0.6) is 0 Å². The minimum absolute atomic E-state index is 0.0448. The van der Waals surface area contributed by atoms with Crippen molar-refractivity contribution in [2.75, 3.05) is 33.9 Å². The first kappa shape index (κ1) is 59.3. The molecule has 0 aromatic rings. The Morgan fingerprint density at radius 3 is 1.07 bits per heavy atom. The highest BCUT2D eigenvalue weighted by Gasteiger charge is 2.25. The molecule has 6 nitrogen and oxygen atoms in total. The molecule has 0 radical (unpaired) electrons. The van der Waals surface area contributed by atoms with Gasteiger partial charge in [-0.1, -0.05) is 179 Å². The first-order chi connectivity index (χ1) is 29.8. The minimum atomic E-state index is -0.598. The zero-order valence-corrected chi connectivity index (χ0v) is 41.4. The standard InChI is InChI=1S/C55H105NO5/c1-5-7-9-11-13-15-17-19-21-23-25-27-29-31-37-45-53(57)60-51-43-35-33-39-47-55(59,49-41-42-50-56(3)4)48-40-34-36-44-52-61-54(58)46-38-32-30-28-26-24-22-20-18-16-14-12-10-8-6-2/h19-22,59H,5-18,23-52H2,1-4H3/b21-19-,22-20-. The summed E-state index contributed by atoms with van der Waals surface area (Å²) >= 11 is 0. The number of aliphatic hydroxyl groups is 1. The monoisotopic (exact) mass is 860 g/mol. The molecular formula is C55H105NO5. The molecule has 360 valence electrons. The smallest absolute Gasteiger partial charge is 0.305 e. The molecule has 0 aliphatic rings. The van der Waals surface area contributed by atoms with E-state index in [0.717, 1.165) is 116 Å². The van der Waals surface area contributed by atoms with Crippen molar-refractivity contribution in [2.45, 2.75) is 283 Å². The molecule has 0 saturated heterocycles. The molecule has 0 spiro atoms. The second-order valence-electron chi connectivity index (χ2n) is 18.9. The molecular weight excluding hydrogens is 755 g/mol. The van der Waals surface area contributed by atoms with Crippen molar-refractivity contribution in [3.63, 3.8) is 0 Å². The number of unbranched alkanes of at least 4 members (excludes halogenated alkanes) is 29. The maximum atomic E-state index is 12.2. The van der Waals surface area contributed by atoms with E-state index in [4.69, 9.17) is 9.47 Å². The van der Waals surface area contributed by atoms with Crippen LogP contribution in [-0.4, -0.2) is 61.4 Å². The van der Waals surface area contributed by atoms with Crippen LogP contribution < -0.4 is 0 Å². The second-order valence-corrected chi connectivity index (χ2v) is 18.9. The van der Waals surface area contributed by atoms with Crippen LogP contribution in [0.15, 0.2) is 24.3 Å².